The monoisotopic (exact) mass is 541 g/mol. The molecule has 37 heavy (non-hydrogen) atoms. The van der Waals surface area contributed by atoms with Crippen molar-refractivity contribution < 1.29 is 23.4 Å². The van der Waals surface area contributed by atoms with E-state index in [1.807, 2.05) is 16.8 Å². The number of methoxy groups -OCH3 is 2. The fraction of sp³-hybridized carbons (Fsp3) is 0.296. The zero-order valence-electron chi connectivity index (χ0n) is 21.0. The molecule has 0 spiro atoms. The number of carbonyl (C=O) groups is 1. The zero-order valence-corrected chi connectivity index (χ0v) is 22.7. The van der Waals surface area contributed by atoms with Crippen LogP contribution in [0.25, 0.3) is 22.4 Å². The first-order valence-electron chi connectivity index (χ1n) is 11.7. The maximum atomic E-state index is 14.8. The Labute approximate surface area is 223 Å². The first kappa shape index (κ1) is 26.7. The van der Waals surface area contributed by atoms with E-state index in [4.69, 9.17) is 19.2 Å². The molecule has 4 rings (SSSR count). The summed E-state index contributed by atoms with van der Waals surface area (Å²) < 4.78 is 30.2. The highest BCUT2D eigenvalue weighted by Crippen LogP contribution is 2.36. The van der Waals surface area contributed by atoms with Gasteiger partial charge in [-0.05, 0) is 59.0 Å². The van der Waals surface area contributed by atoms with Crippen LogP contribution in [0.15, 0.2) is 47.3 Å². The van der Waals surface area contributed by atoms with Gasteiger partial charge in [0, 0.05) is 29.3 Å². The largest absolute Gasteiger partial charge is 0.488 e. The third kappa shape index (κ3) is 6.51. The Morgan fingerprint density at radius 2 is 1.95 bits per heavy atom. The molecule has 0 bridgehead atoms. The van der Waals surface area contributed by atoms with Crippen LogP contribution in [0.5, 0.6) is 5.75 Å². The molecule has 10 heteroatoms. The number of thiazole rings is 1. The Hall–Kier alpha value is -3.34. The van der Waals surface area contributed by atoms with E-state index in [-0.39, 0.29) is 12.4 Å². The number of nitrogens with one attached hydrogen (secondary N) is 1. The molecule has 0 unspecified atom stereocenters. The molecule has 0 radical (unpaired) electrons. The molecular weight excluding hydrogens is 513 g/mol. The minimum absolute atomic E-state index is 0.164. The van der Waals surface area contributed by atoms with E-state index in [1.165, 1.54) is 24.5 Å². The van der Waals surface area contributed by atoms with Crippen molar-refractivity contribution in [2.45, 2.75) is 20.3 Å². The molecule has 1 aromatic carbocycles. The third-order valence-electron chi connectivity index (χ3n) is 5.41. The van der Waals surface area contributed by atoms with Gasteiger partial charge in [0.15, 0.2) is 16.7 Å². The topological polar surface area (TPSA) is 82.6 Å². The highest BCUT2D eigenvalue weighted by molar-refractivity contribution is 7.16. The minimum atomic E-state index is -0.502. The van der Waals surface area contributed by atoms with Crippen LogP contribution >= 0.6 is 22.7 Å². The number of rotatable bonds is 11. The Kier molecular flexibility index (Phi) is 8.86. The first-order valence-corrected chi connectivity index (χ1v) is 13.4. The first-order chi connectivity index (χ1) is 17.9. The molecule has 3 aromatic heterocycles. The second-order valence-corrected chi connectivity index (χ2v) is 10.5. The molecular formula is C27H28FN3O4S2. The van der Waals surface area contributed by atoms with E-state index in [2.05, 4.69) is 24.1 Å². The van der Waals surface area contributed by atoms with Gasteiger partial charge >= 0.3 is 5.97 Å². The number of halogens is 1. The summed E-state index contributed by atoms with van der Waals surface area (Å²) in [6.45, 7) is 4.86. The van der Waals surface area contributed by atoms with Gasteiger partial charge in [-0.2, -0.15) is 11.3 Å². The average Bonchev–Trinajstić information content (AvgIpc) is 3.55. The van der Waals surface area contributed by atoms with Gasteiger partial charge in [-0.1, -0.05) is 13.8 Å². The van der Waals surface area contributed by atoms with Gasteiger partial charge in [0.2, 0.25) is 0 Å². The molecule has 0 aliphatic rings. The summed E-state index contributed by atoms with van der Waals surface area (Å²) in [4.78, 5) is 22.8. The van der Waals surface area contributed by atoms with Gasteiger partial charge in [0.05, 0.1) is 19.4 Å². The second-order valence-electron chi connectivity index (χ2n) is 8.62. The maximum absolute atomic E-state index is 14.8. The summed E-state index contributed by atoms with van der Waals surface area (Å²) in [5, 5.41) is 7.69. The standard InChI is InChI=1S/C27H28FN3O4S2/c1-16(2)11-23-24(17-5-6-22(21(28)13-17)35-9-8-33-3)30-27(37-23)31-25-20(26(32)34-4)12-19(14-29-25)18-7-10-36-15-18/h5-7,10,12-16H,8-9,11H2,1-4H3,(H,29,30,31). The fourth-order valence-electron chi connectivity index (χ4n) is 3.66. The Balaban J connectivity index is 1.67. The molecule has 0 aliphatic heterocycles. The number of thiophene rings is 1. The van der Waals surface area contributed by atoms with Crippen molar-refractivity contribution in [3.63, 3.8) is 0 Å². The quantitative estimate of drug-likeness (QED) is 0.165. The fourth-order valence-corrected chi connectivity index (χ4v) is 5.52. The summed E-state index contributed by atoms with van der Waals surface area (Å²) in [6, 6.07) is 8.55. The third-order valence-corrected chi connectivity index (χ3v) is 7.09. The SMILES string of the molecule is COCCOc1ccc(-c2nc(Nc3ncc(-c4ccsc4)cc3C(=O)OC)sc2CC(C)C)cc1F. The number of pyridine rings is 1. The molecule has 3 heterocycles. The number of esters is 1. The molecule has 0 fully saturated rings. The van der Waals surface area contributed by atoms with Crippen LogP contribution in [0.2, 0.25) is 0 Å². The van der Waals surface area contributed by atoms with Gasteiger partial charge < -0.3 is 19.5 Å². The molecule has 194 valence electrons. The van der Waals surface area contributed by atoms with E-state index in [1.54, 1.807) is 42.8 Å². The molecule has 7 nitrogen and oxygen atoms in total. The minimum Gasteiger partial charge on any atom is -0.488 e. The predicted octanol–water partition coefficient (Wildman–Crippen LogP) is 6.83. The van der Waals surface area contributed by atoms with Crippen LogP contribution in [0.1, 0.15) is 29.1 Å². The zero-order chi connectivity index (χ0) is 26.4. The van der Waals surface area contributed by atoms with Crippen molar-refractivity contribution in [1.82, 2.24) is 9.97 Å². The number of hydrogen-bond acceptors (Lipinski definition) is 9. The molecule has 0 atom stereocenters. The van der Waals surface area contributed by atoms with Crippen LogP contribution in [-0.4, -0.2) is 43.4 Å². The van der Waals surface area contributed by atoms with Crippen molar-refractivity contribution in [2.24, 2.45) is 5.92 Å². The average molecular weight is 542 g/mol. The molecule has 0 aliphatic carbocycles. The number of benzene rings is 1. The Morgan fingerprint density at radius 3 is 2.62 bits per heavy atom. The Morgan fingerprint density at radius 1 is 1.11 bits per heavy atom. The van der Waals surface area contributed by atoms with Crippen LogP contribution in [0.3, 0.4) is 0 Å². The van der Waals surface area contributed by atoms with Crippen molar-refractivity contribution in [2.75, 3.05) is 32.8 Å². The van der Waals surface area contributed by atoms with Gasteiger partial charge in [0.25, 0.3) is 0 Å². The van der Waals surface area contributed by atoms with E-state index >= 15 is 0 Å². The number of anilines is 2. The van der Waals surface area contributed by atoms with E-state index in [0.29, 0.717) is 40.3 Å². The van der Waals surface area contributed by atoms with Gasteiger partial charge in [-0.15, -0.1) is 11.3 Å². The van der Waals surface area contributed by atoms with Crippen LogP contribution in [0.4, 0.5) is 15.3 Å². The van der Waals surface area contributed by atoms with Gasteiger partial charge in [0.1, 0.15) is 18.0 Å². The van der Waals surface area contributed by atoms with Crippen molar-refractivity contribution in [1.29, 1.82) is 0 Å². The number of aromatic nitrogens is 2. The predicted molar refractivity (Wildman–Crippen MR) is 146 cm³/mol. The second kappa shape index (κ2) is 12.3. The highest BCUT2D eigenvalue weighted by Gasteiger charge is 2.20. The van der Waals surface area contributed by atoms with Crippen molar-refractivity contribution in [3.8, 4) is 28.1 Å². The van der Waals surface area contributed by atoms with Crippen LogP contribution in [-0.2, 0) is 15.9 Å². The van der Waals surface area contributed by atoms with Crippen molar-refractivity contribution in [3.05, 3.63) is 63.5 Å². The van der Waals surface area contributed by atoms with Crippen LogP contribution < -0.4 is 10.1 Å². The lowest BCUT2D eigenvalue weighted by molar-refractivity contribution is 0.0601. The van der Waals surface area contributed by atoms with E-state index in [9.17, 15) is 9.18 Å². The normalized spacial score (nSPS) is 11.1. The Bertz CT molecular complexity index is 1360. The summed E-state index contributed by atoms with van der Waals surface area (Å²) in [5.41, 5.74) is 3.41. The molecule has 0 saturated carbocycles. The van der Waals surface area contributed by atoms with Crippen LogP contribution in [0, 0.1) is 11.7 Å². The molecule has 4 aromatic rings. The summed E-state index contributed by atoms with van der Waals surface area (Å²) in [7, 11) is 2.90. The number of carbonyl (C=O) groups excluding carboxylic acids is 1. The lowest BCUT2D eigenvalue weighted by Gasteiger charge is -2.09. The van der Waals surface area contributed by atoms with Gasteiger partial charge in [-0.25, -0.2) is 19.2 Å². The summed E-state index contributed by atoms with van der Waals surface area (Å²) >= 11 is 3.02. The number of hydrogen-bond donors (Lipinski definition) is 1. The molecule has 0 amide bonds. The van der Waals surface area contributed by atoms with Crippen molar-refractivity contribution >= 4 is 39.6 Å². The van der Waals surface area contributed by atoms with Gasteiger partial charge in [-0.3, -0.25) is 0 Å². The smallest absolute Gasteiger partial charge is 0.341 e. The van der Waals surface area contributed by atoms with E-state index in [0.717, 1.165) is 22.4 Å². The molecule has 1 N–H and O–H groups in total. The summed E-state index contributed by atoms with van der Waals surface area (Å²) in [6.07, 6.45) is 2.47. The number of nitrogens with zero attached hydrogens (tertiary/aromatic N) is 2. The number of ether oxygens (including phenoxy) is 3. The highest BCUT2D eigenvalue weighted by atomic mass is 32.1. The lowest BCUT2D eigenvalue weighted by atomic mass is 10.0. The summed E-state index contributed by atoms with van der Waals surface area (Å²) in [5.74, 6) is -0.0995. The molecule has 0 saturated heterocycles. The van der Waals surface area contributed by atoms with E-state index < -0.39 is 11.8 Å². The maximum Gasteiger partial charge on any atom is 0.341 e. The lowest BCUT2D eigenvalue weighted by Crippen LogP contribution is -2.07.